The molecule has 1 aliphatic rings. The molecule has 21 heavy (non-hydrogen) atoms. The average molecular weight is 290 g/mol. The second kappa shape index (κ2) is 5.95. The second-order valence-corrected chi connectivity index (χ2v) is 5.46. The molecule has 0 saturated carbocycles. The maximum Gasteiger partial charge on any atom is 0.150 e. The lowest BCUT2D eigenvalue weighted by Crippen LogP contribution is -2.39. The Kier molecular flexibility index (Phi) is 4.03. The van der Waals surface area contributed by atoms with Crippen LogP contribution in [0.2, 0.25) is 0 Å². The maximum atomic E-state index is 5.68. The molecule has 7 heteroatoms. The van der Waals surface area contributed by atoms with Gasteiger partial charge in [-0.2, -0.15) is 10.2 Å². The Morgan fingerprint density at radius 1 is 1.29 bits per heavy atom. The third-order valence-corrected chi connectivity index (χ3v) is 4.00. The highest BCUT2D eigenvalue weighted by Crippen LogP contribution is 2.29. The highest BCUT2D eigenvalue weighted by atomic mass is 16.5. The normalized spacial score (nSPS) is 20.0. The molecule has 0 aliphatic carbocycles. The van der Waals surface area contributed by atoms with Crippen molar-refractivity contribution < 1.29 is 4.74 Å². The van der Waals surface area contributed by atoms with Gasteiger partial charge in [0.1, 0.15) is 11.6 Å². The van der Waals surface area contributed by atoms with Gasteiger partial charge < -0.3 is 4.74 Å². The summed E-state index contributed by atoms with van der Waals surface area (Å²) in [5.41, 5.74) is 3.39. The zero-order chi connectivity index (χ0) is 14.8. The van der Waals surface area contributed by atoms with E-state index in [1.807, 2.05) is 6.92 Å². The van der Waals surface area contributed by atoms with E-state index in [4.69, 9.17) is 4.74 Å². The molecule has 2 aromatic heterocycles. The van der Waals surface area contributed by atoms with Crippen LogP contribution in [0.5, 0.6) is 0 Å². The van der Waals surface area contributed by atoms with Crippen molar-refractivity contribution in [2.45, 2.75) is 39.8 Å². The number of H-pyrrole nitrogens is 2. The van der Waals surface area contributed by atoms with Gasteiger partial charge in [-0.3, -0.25) is 15.1 Å². The summed E-state index contributed by atoms with van der Waals surface area (Å²) in [6.45, 7) is 9.24. The largest absolute Gasteiger partial charge is 0.378 e. The number of ether oxygens (including phenoxy) is 1. The summed E-state index contributed by atoms with van der Waals surface area (Å²) in [6.07, 6.45) is 0.850. The molecule has 1 aliphatic heterocycles. The number of hydrogen-bond donors (Lipinski definition) is 2. The summed E-state index contributed by atoms with van der Waals surface area (Å²) < 4.78 is 5.68. The quantitative estimate of drug-likeness (QED) is 0.886. The van der Waals surface area contributed by atoms with Crippen LogP contribution in [-0.4, -0.2) is 50.0 Å². The first-order chi connectivity index (χ1) is 10.2. The molecule has 0 radical (unpaired) electrons. The molecule has 3 rings (SSSR count). The number of hydrogen-bond acceptors (Lipinski definition) is 5. The molecule has 0 amide bonds. The minimum Gasteiger partial charge on any atom is -0.378 e. The molecule has 114 valence electrons. The summed E-state index contributed by atoms with van der Waals surface area (Å²) in [6, 6.07) is 0.215. The van der Waals surface area contributed by atoms with Gasteiger partial charge >= 0.3 is 0 Å². The standard InChI is InChI=1S/C14H22N6O/c1-4-12-15-13(19-18-12)7-20-5-6-21-8-11(20)14-9(2)16-17-10(14)3/h11H,4-8H2,1-3H3,(H,16,17)(H,15,18,19). The van der Waals surface area contributed by atoms with E-state index in [0.29, 0.717) is 6.61 Å². The Labute approximate surface area is 124 Å². The van der Waals surface area contributed by atoms with Crippen LogP contribution in [0.15, 0.2) is 0 Å². The van der Waals surface area contributed by atoms with Crippen molar-refractivity contribution in [3.63, 3.8) is 0 Å². The maximum absolute atomic E-state index is 5.68. The SMILES string of the molecule is CCc1n[nH]c(CN2CCOCC2c2c(C)n[nH]c2C)n1. The number of aryl methyl sites for hydroxylation is 3. The van der Waals surface area contributed by atoms with Gasteiger partial charge in [-0.15, -0.1) is 0 Å². The van der Waals surface area contributed by atoms with Crippen LogP contribution in [0, 0.1) is 13.8 Å². The number of nitrogens with zero attached hydrogens (tertiary/aromatic N) is 4. The van der Waals surface area contributed by atoms with E-state index in [1.165, 1.54) is 5.56 Å². The summed E-state index contributed by atoms with van der Waals surface area (Å²) >= 11 is 0. The van der Waals surface area contributed by atoms with Crippen LogP contribution in [0.1, 0.15) is 41.6 Å². The molecule has 7 nitrogen and oxygen atoms in total. The van der Waals surface area contributed by atoms with Gasteiger partial charge in [-0.1, -0.05) is 6.92 Å². The second-order valence-electron chi connectivity index (χ2n) is 5.46. The first-order valence-corrected chi connectivity index (χ1v) is 7.42. The van der Waals surface area contributed by atoms with Crippen molar-refractivity contribution >= 4 is 0 Å². The highest BCUT2D eigenvalue weighted by molar-refractivity contribution is 5.27. The summed E-state index contributed by atoms with van der Waals surface area (Å²) in [5.74, 6) is 1.78. The van der Waals surface area contributed by atoms with Crippen LogP contribution in [0.25, 0.3) is 0 Å². The molecular formula is C14H22N6O. The summed E-state index contributed by atoms with van der Waals surface area (Å²) in [5, 5.41) is 14.6. The van der Waals surface area contributed by atoms with Crippen molar-refractivity contribution in [2.24, 2.45) is 0 Å². The molecule has 1 unspecified atom stereocenters. The first-order valence-electron chi connectivity index (χ1n) is 7.42. The summed E-state index contributed by atoms with van der Waals surface area (Å²) in [7, 11) is 0. The Balaban J connectivity index is 1.81. The van der Waals surface area contributed by atoms with Crippen LogP contribution >= 0.6 is 0 Å². The number of aromatic nitrogens is 5. The third kappa shape index (κ3) is 2.84. The molecule has 1 atom stereocenters. The minimum atomic E-state index is 0.215. The predicted octanol–water partition coefficient (Wildman–Crippen LogP) is 1.28. The lowest BCUT2D eigenvalue weighted by atomic mass is 10.0. The molecule has 3 heterocycles. The van der Waals surface area contributed by atoms with E-state index in [-0.39, 0.29) is 6.04 Å². The zero-order valence-electron chi connectivity index (χ0n) is 12.8. The van der Waals surface area contributed by atoms with Crippen LogP contribution < -0.4 is 0 Å². The Hall–Kier alpha value is -1.73. The molecular weight excluding hydrogens is 268 g/mol. The Morgan fingerprint density at radius 3 is 2.81 bits per heavy atom. The zero-order valence-corrected chi connectivity index (χ0v) is 12.8. The monoisotopic (exact) mass is 290 g/mol. The van der Waals surface area contributed by atoms with Crippen molar-refractivity contribution in [1.82, 2.24) is 30.3 Å². The van der Waals surface area contributed by atoms with E-state index in [0.717, 1.165) is 49.2 Å². The van der Waals surface area contributed by atoms with Gasteiger partial charge in [0.2, 0.25) is 0 Å². The predicted molar refractivity (Wildman–Crippen MR) is 77.8 cm³/mol. The number of rotatable bonds is 4. The fourth-order valence-electron chi connectivity index (χ4n) is 2.90. The molecule has 2 N–H and O–H groups in total. The van der Waals surface area contributed by atoms with E-state index in [1.54, 1.807) is 0 Å². The number of aromatic amines is 2. The minimum absolute atomic E-state index is 0.215. The fourth-order valence-corrected chi connectivity index (χ4v) is 2.90. The number of nitrogens with one attached hydrogen (secondary N) is 2. The Morgan fingerprint density at radius 2 is 2.14 bits per heavy atom. The van der Waals surface area contributed by atoms with Gasteiger partial charge in [0.25, 0.3) is 0 Å². The van der Waals surface area contributed by atoms with E-state index in [9.17, 15) is 0 Å². The fraction of sp³-hybridized carbons (Fsp3) is 0.643. The molecule has 1 saturated heterocycles. The van der Waals surface area contributed by atoms with Crippen molar-refractivity contribution in [2.75, 3.05) is 19.8 Å². The highest BCUT2D eigenvalue weighted by Gasteiger charge is 2.29. The average Bonchev–Trinajstić information content (AvgIpc) is 3.07. The van der Waals surface area contributed by atoms with E-state index >= 15 is 0 Å². The lowest BCUT2D eigenvalue weighted by Gasteiger charge is -2.35. The van der Waals surface area contributed by atoms with Gasteiger partial charge in [0.15, 0.2) is 0 Å². The van der Waals surface area contributed by atoms with Crippen LogP contribution in [0.4, 0.5) is 0 Å². The van der Waals surface area contributed by atoms with Gasteiger partial charge in [-0.25, -0.2) is 4.98 Å². The van der Waals surface area contributed by atoms with Crippen LogP contribution in [0.3, 0.4) is 0 Å². The van der Waals surface area contributed by atoms with Gasteiger partial charge in [0.05, 0.1) is 31.5 Å². The topological polar surface area (TPSA) is 82.7 Å². The number of morpholine rings is 1. The van der Waals surface area contributed by atoms with E-state index < -0.39 is 0 Å². The van der Waals surface area contributed by atoms with Crippen molar-refractivity contribution in [3.8, 4) is 0 Å². The molecule has 0 bridgehead atoms. The van der Waals surface area contributed by atoms with Crippen molar-refractivity contribution in [3.05, 3.63) is 28.6 Å². The first kappa shape index (κ1) is 14.2. The molecule has 0 spiro atoms. The van der Waals surface area contributed by atoms with Gasteiger partial charge in [-0.05, 0) is 13.8 Å². The molecule has 0 aromatic carbocycles. The smallest absolute Gasteiger partial charge is 0.150 e. The molecule has 1 fully saturated rings. The van der Waals surface area contributed by atoms with Crippen molar-refractivity contribution in [1.29, 1.82) is 0 Å². The van der Waals surface area contributed by atoms with Crippen LogP contribution in [-0.2, 0) is 17.7 Å². The van der Waals surface area contributed by atoms with Gasteiger partial charge in [0, 0.05) is 24.2 Å². The molecule has 2 aromatic rings. The summed E-state index contributed by atoms with van der Waals surface area (Å²) in [4.78, 5) is 6.89. The van der Waals surface area contributed by atoms with E-state index in [2.05, 4.69) is 44.1 Å². The third-order valence-electron chi connectivity index (χ3n) is 4.00. The lowest BCUT2D eigenvalue weighted by molar-refractivity contribution is -0.0142. The Bertz CT molecular complexity index is 585.